The van der Waals surface area contributed by atoms with E-state index in [1.807, 2.05) is 5.38 Å². The standard InChI is InChI=1S/C13H6BrF2NO2S/c14-8-1-2-20-11(8)5-17-12(18)6-3-9(15)10(16)4-7(6)13(17)19/h1-4H,5H2. The molecule has 0 atom stereocenters. The van der Waals surface area contributed by atoms with Gasteiger partial charge >= 0.3 is 0 Å². The van der Waals surface area contributed by atoms with Crippen molar-refractivity contribution in [3.63, 3.8) is 0 Å². The molecule has 0 radical (unpaired) electrons. The van der Waals surface area contributed by atoms with Crippen LogP contribution in [-0.4, -0.2) is 16.7 Å². The van der Waals surface area contributed by atoms with Crippen molar-refractivity contribution in [3.8, 4) is 0 Å². The summed E-state index contributed by atoms with van der Waals surface area (Å²) >= 11 is 4.70. The van der Waals surface area contributed by atoms with Crippen molar-refractivity contribution >= 4 is 39.1 Å². The number of carbonyl (C=O) groups excluding carboxylic acids is 2. The molecule has 0 N–H and O–H groups in total. The Balaban J connectivity index is 1.99. The highest BCUT2D eigenvalue weighted by molar-refractivity contribution is 9.10. The minimum absolute atomic E-state index is 0.0772. The SMILES string of the molecule is O=C1c2cc(F)c(F)cc2C(=O)N1Cc1sccc1Br. The van der Waals surface area contributed by atoms with Crippen molar-refractivity contribution < 1.29 is 18.4 Å². The van der Waals surface area contributed by atoms with Crippen molar-refractivity contribution in [3.05, 3.63) is 55.7 Å². The van der Waals surface area contributed by atoms with Crippen LogP contribution in [0.25, 0.3) is 0 Å². The summed E-state index contributed by atoms with van der Waals surface area (Å²) < 4.78 is 27.1. The quantitative estimate of drug-likeness (QED) is 0.770. The Morgan fingerprint density at radius 1 is 1.10 bits per heavy atom. The third kappa shape index (κ3) is 1.97. The highest BCUT2D eigenvalue weighted by Crippen LogP contribution is 2.30. The molecule has 1 aliphatic heterocycles. The van der Waals surface area contributed by atoms with Gasteiger partial charge in [-0.1, -0.05) is 0 Å². The molecule has 2 aromatic rings. The predicted octanol–water partition coefficient (Wildman–Crippen LogP) is 3.59. The number of amides is 2. The lowest BCUT2D eigenvalue weighted by atomic mass is 10.1. The summed E-state index contributed by atoms with van der Waals surface area (Å²) in [6.07, 6.45) is 0. The Morgan fingerprint density at radius 3 is 2.10 bits per heavy atom. The van der Waals surface area contributed by atoms with Gasteiger partial charge in [0.25, 0.3) is 11.8 Å². The molecule has 1 aromatic heterocycles. The zero-order valence-corrected chi connectivity index (χ0v) is 12.2. The van der Waals surface area contributed by atoms with Crippen LogP contribution in [0.15, 0.2) is 28.1 Å². The molecular weight excluding hydrogens is 352 g/mol. The molecule has 2 amide bonds. The van der Waals surface area contributed by atoms with Gasteiger partial charge in [0.15, 0.2) is 11.6 Å². The molecule has 3 rings (SSSR count). The van der Waals surface area contributed by atoms with Crippen LogP contribution >= 0.6 is 27.3 Å². The van der Waals surface area contributed by atoms with Gasteiger partial charge in [-0.3, -0.25) is 14.5 Å². The molecule has 0 saturated heterocycles. The van der Waals surface area contributed by atoms with Gasteiger partial charge in [-0.25, -0.2) is 8.78 Å². The van der Waals surface area contributed by atoms with Crippen LogP contribution < -0.4 is 0 Å². The number of nitrogens with zero attached hydrogens (tertiary/aromatic N) is 1. The minimum atomic E-state index is -1.14. The van der Waals surface area contributed by atoms with E-state index in [1.165, 1.54) is 11.3 Å². The van der Waals surface area contributed by atoms with Crippen LogP contribution in [0.4, 0.5) is 8.78 Å². The molecule has 0 aliphatic carbocycles. The van der Waals surface area contributed by atoms with Gasteiger partial charge in [-0.05, 0) is 39.5 Å². The highest BCUT2D eigenvalue weighted by Gasteiger charge is 2.37. The van der Waals surface area contributed by atoms with Crippen LogP contribution in [0.5, 0.6) is 0 Å². The summed E-state index contributed by atoms with van der Waals surface area (Å²) in [5.74, 6) is -3.48. The summed E-state index contributed by atoms with van der Waals surface area (Å²) in [6, 6.07) is 3.35. The van der Waals surface area contributed by atoms with Crippen molar-refractivity contribution in [2.24, 2.45) is 0 Å². The molecule has 0 saturated carbocycles. The number of fused-ring (bicyclic) bond motifs is 1. The molecule has 1 aliphatic rings. The van der Waals surface area contributed by atoms with Gasteiger partial charge in [-0.2, -0.15) is 0 Å². The average molecular weight is 358 g/mol. The Morgan fingerprint density at radius 2 is 1.65 bits per heavy atom. The van der Waals surface area contributed by atoms with Gasteiger partial charge in [-0.15, -0.1) is 11.3 Å². The van der Waals surface area contributed by atoms with E-state index in [4.69, 9.17) is 0 Å². The second-order valence-electron chi connectivity index (χ2n) is 4.20. The van der Waals surface area contributed by atoms with Gasteiger partial charge in [0.2, 0.25) is 0 Å². The molecule has 0 bridgehead atoms. The molecule has 1 aromatic carbocycles. The normalized spacial score (nSPS) is 14.1. The number of halogens is 3. The predicted molar refractivity (Wildman–Crippen MR) is 72.6 cm³/mol. The number of hydrogen-bond acceptors (Lipinski definition) is 3. The molecule has 2 heterocycles. The summed E-state index contributed by atoms with van der Waals surface area (Å²) in [7, 11) is 0. The number of imide groups is 1. The topological polar surface area (TPSA) is 37.4 Å². The van der Waals surface area contributed by atoms with Gasteiger partial charge < -0.3 is 0 Å². The summed E-state index contributed by atoms with van der Waals surface area (Å²) in [4.78, 5) is 26.0. The molecule has 0 spiro atoms. The fraction of sp³-hybridized carbons (Fsp3) is 0.0769. The number of thiophene rings is 1. The van der Waals surface area contributed by atoms with E-state index in [2.05, 4.69) is 15.9 Å². The largest absolute Gasteiger partial charge is 0.269 e. The van der Waals surface area contributed by atoms with Crippen LogP contribution in [0.3, 0.4) is 0 Å². The summed E-state index contributed by atoms with van der Waals surface area (Å²) in [5.41, 5.74) is -0.192. The van der Waals surface area contributed by atoms with Gasteiger partial charge in [0.05, 0.1) is 17.7 Å². The number of rotatable bonds is 2. The summed E-state index contributed by atoms with van der Waals surface area (Å²) in [6.45, 7) is 0.0772. The van der Waals surface area contributed by atoms with Crippen molar-refractivity contribution in [1.29, 1.82) is 0 Å². The molecule has 20 heavy (non-hydrogen) atoms. The number of hydrogen-bond donors (Lipinski definition) is 0. The van der Waals surface area contributed by atoms with E-state index in [9.17, 15) is 18.4 Å². The number of carbonyl (C=O) groups is 2. The zero-order valence-electron chi connectivity index (χ0n) is 9.82. The molecule has 102 valence electrons. The first kappa shape index (κ1) is 13.4. The van der Waals surface area contributed by atoms with Crippen molar-refractivity contribution in [2.75, 3.05) is 0 Å². The van der Waals surface area contributed by atoms with E-state index in [0.29, 0.717) is 0 Å². The van der Waals surface area contributed by atoms with E-state index < -0.39 is 23.4 Å². The lowest BCUT2D eigenvalue weighted by Crippen LogP contribution is -2.28. The van der Waals surface area contributed by atoms with Crippen LogP contribution in [0, 0.1) is 11.6 Å². The Bertz CT molecular complexity index is 703. The second kappa shape index (κ2) is 4.75. The van der Waals surface area contributed by atoms with Crippen LogP contribution in [-0.2, 0) is 6.54 Å². The van der Waals surface area contributed by atoms with Crippen molar-refractivity contribution in [2.45, 2.75) is 6.54 Å². The third-order valence-corrected chi connectivity index (χ3v) is 4.92. The number of benzene rings is 1. The maximum Gasteiger partial charge on any atom is 0.261 e. The molecule has 3 nitrogen and oxygen atoms in total. The first-order chi connectivity index (χ1) is 9.49. The van der Waals surface area contributed by atoms with E-state index in [1.54, 1.807) is 6.07 Å². The smallest absolute Gasteiger partial charge is 0.261 e. The third-order valence-electron chi connectivity index (χ3n) is 3.00. The maximum absolute atomic E-state index is 13.2. The Kier molecular flexibility index (Phi) is 3.18. The molecule has 0 unspecified atom stereocenters. The summed E-state index contributed by atoms with van der Waals surface area (Å²) in [5, 5.41) is 1.82. The van der Waals surface area contributed by atoms with Gasteiger partial charge in [0.1, 0.15) is 0 Å². The zero-order chi connectivity index (χ0) is 14.4. The Hall–Kier alpha value is -1.60. The Labute approximate surface area is 124 Å². The van der Waals surface area contributed by atoms with Crippen molar-refractivity contribution in [1.82, 2.24) is 4.90 Å². The average Bonchev–Trinajstić information content (AvgIpc) is 2.90. The van der Waals surface area contributed by atoms with E-state index in [0.717, 1.165) is 26.4 Å². The molecule has 7 heteroatoms. The lowest BCUT2D eigenvalue weighted by molar-refractivity contribution is 0.0643. The van der Waals surface area contributed by atoms with E-state index in [-0.39, 0.29) is 17.7 Å². The van der Waals surface area contributed by atoms with E-state index >= 15 is 0 Å². The fourth-order valence-electron chi connectivity index (χ4n) is 2.01. The molecule has 0 fully saturated rings. The first-order valence-electron chi connectivity index (χ1n) is 5.56. The second-order valence-corrected chi connectivity index (χ2v) is 6.06. The van der Waals surface area contributed by atoms with Crippen LogP contribution in [0.2, 0.25) is 0 Å². The first-order valence-corrected chi connectivity index (χ1v) is 7.23. The fourth-order valence-corrected chi connectivity index (χ4v) is 3.47. The highest BCUT2D eigenvalue weighted by atomic mass is 79.9. The maximum atomic E-state index is 13.2. The molecular formula is C13H6BrF2NO2S. The van der Waals surface area contributed by atoms with Crippen LogP contribution in [0.1, 0.15) is 25.6 Å². The lowest BCUT2D eigenvalue weighted by Gasteiger charge is -2.12. The van der Waals surface area contributed by atoms with Gasteiger partial charge in [0, 0.05) is 9.35 Å². The monoisotopic (exact) mass is 357 g/mol. The minimum Gasteiger partial charge on any atom is -0.269 e.